The maximum Gasteiger partial charge on any atom is 0.326 e. The van der Waals surface area contributed by atoms with Crippen molar-refractivity contribution in [1.29, 1.82) is 0 Å². The molecule has 1 unspecified atom stereocenters. The van der Waals surface area contributed by atoms with Crippen molar-refractivity contribution in [2.24, 2.45) is 5.92 Å². The van der Waals surface area contributed by atoms with Crippen LogP contribution in [-0.2, 0) is 19.1 Å². The molecule has 6 nitrogen and oxygen atoms in total. The molecule has 124 valence electrons. The van der Waals surface area contributed by atoms with Crippen LogP contribution in [0, 0.1) is 5.92 Å². The lowest BCUT2D eigenvalue weighted by Gasteiger charge is -2.25. The summed E-state index contributed by atoms with van der Waals surface area (Å²) >= 11 is 3.48. The van der Waals surface area contributed by atoms with Crippen molar-refractivity contribution in [3.05, 3.63) is 0 Å². The van der Waals surface area contributed by atoms with Gasteiger partial charge in [0.15, 0.2) is 0 Å². The first kappa shape index (κ1) is 17.5. The van der Waals surface area contributed by atoms with E-state index >= 15 is 0 Å². The molecule has 0 aromatic heterocycles. The average Bonchev–Trinajstić information content (AvgIpc) is 3.06. The van der Waals surface area contributed by atoms with Gasteiger partial charge in [-0.2, -0.15) is 0 Å². The molecule has 0 saturated carbocycles. The highest BCUT2D eigenvalue weighted by atomic mass is 32.2. The third-order valence-electron chi connectivity index (χ3n) is 3.87. The van der Waals surface area contributed by atoms with Gasteiger partial charge in [0, 0.05) is 30.4 Å². The quantitative estimate of drug-likeness (QED) is 0.753. The number of carboxylic acid groups (broad SMARTS) is 1. The normalized spacial score (nSPS) is 24.5. The number of thioether (sulfide) groups is 2. The van der Waals surface area contributed by atoms with Gasteiger partial charge in [-0.25, -0.2) is 4.79 Å². The molecular formula is C14H21NO5S2. The van der Waals surface area contributed by atoms with Crippen molar-refractivity contribution >= 4 is 41.4 Å². The Kier molecular flexibility index (Phi) is 5.65. The van der Waals surface area contributed by atoms with Crippen molar-refractivity contribution < 1.29 is 24.2 Å². The SMILES string of the molecule is CCOC(=O)CC(C)C(=O)N1CC2(C[C@H]1C(=O)O)SCCS2. The lowest BCUT2D eigenvalue weighted by Crippen LogP contribution is -2.43. The van der Waals surface area contributed by atoms with Gasteiger partial charge in [-0.15, -0.1) is 23.5 Å². The first-order valence-corrected chi connectivity index (χ1v) is 9.32. The van der Waals surface area contributed by atoms with Crippen LogP contribution in [0.25, 0.3) is 0 Å². The zero-order valence-electron chi connectivity index (χ0n) is 12.7. The number of carboxylic acids is 1. The number of hydrogen-bond donors (Lipinski definition) is 1. The lowest BCUT2D eigenvalue weighted by molar-refractivity contribution is -0.152. The Morgan fingerprint density at radius 3 is 2.55 bits per heavy atom. The Bertz CT molecular complexity index is 464. The third kappa shape index (κ3) is 3.71. The minimum absolute atomic E-state index is 0.0111. The van der Waals surface area contributed by atoms with E-state index in [2.05, 4.69) is 0 Å². The molecule has 0 aliphatic carbocycles. The van der Waals surface area contributed by atoms with E-state index in [0.717, 1.165) is 11.5 Å². The summed E-state index contributed by atoms with van der Waals surface area (Å²) in [6.07, 6.45) is 0.457. The number of amides is 1. The number of rotatable bonds is 5. The van der Waals surface area contributed by atoms with E-state index in [1.807, 2.05) is 0 Å². The molecule has 1 amide bonds. The van der Waals surface area contributed by atoms with Crippen molar-refractivity contribution in [2.45, 2.75) is 36.8 Å². The standard InChI is InChI=1S/C14H21NO5S2/c1-3-20-11(16)6-9(2)12(17)15-8-14(21-4-5-22-14)7-10(15)13(18)19/h9-10H,3-8H2,1-2H3,(H,18,19)/t9?,10-/m0/s1. The highest BCUT2D eigenvalue weighted by Gasteiger charge is 2.51. The summed E-state index contributed by atoms with van der Waals surface area (Å²) in [5.74, 6) is -0.261. The fourth-order valence-corrected chi connectivity index (χ4v) is 6.09. The molecule has 2 aliphatic heterocycles. The van der Waals surface area contributed by atoms with Gasteiger partial charge in [0.05, 0.1) is 17.1 Å². The largest absolute Gasteiger partial charge is 0.480 e. The van der Waals surface area contributed by atoms with E-state index in [-0.39, 0.29) is 23.0 Å². The molecule has 0 radical (unpaired) electrons. The Labute approximate surface area is 138 Å². The molecule has 2 heterocycles. The summed E-state index contributed by atoms with van der Waals surface area (Å²) in [5, 5.41) is 9.42. The number of hydrogen-bond acceptors (Lipinski definition) is 6. The Morgan fingerprint density at radius 2 is 2.00 bits per heavy atom. The maximum absolute atomic E-state index is 12.6. The zero-order chi connectivity index (χ0) is 16.3. The minimum Gasteiger partial charge on any atom is -0.480 e. The Morgan fingerprint density at radius 1 is 1.36 bits per heavy atom. The number of aliphatic carboxylic acids is 1. The number of carbonyl (C=O) groups is 3. The number of ether oxygens (including phenoxy) is 1. The summed E-state index contributed by atoms with van der Waals surface area (Å²) in [4.78, 5) is 37.0. The van der Waals surface area contributed by atoms with Gasteiger partial charge in [-0.1, -0.05) is 6.92 Å². The summed E-state index contributed by atoms with van der Waals surface area (Å²) in [6, 6.07) is -0.796. The number of carbonyl (C=O) groups excluding carboxylic acids is 2. The molecule has 0 aromatic rings. The van der Waals surface area contributed by atoms with E-state index in [9.17, 15) is 19.5 Å². The highest BCUT2D eigenvalue weighted by molar-refractivity contribution is 8.21. The van der Waals surface area contributed by atoms with Crippen LogP contribution in [-0.4, -0.2) is 62.6 Å². The molecule has 22 heavy (non-hydrogen) atoms. The molecule has 0 bridgehead atoms. The second-order valence-electron chi connectivity index (χ2n) is 5.54. The van der Waals surface area contributed by atoms with E-state index < -0.39 is 23.9 Å². The van der Waals surface area contributed by atoms with Gasteiger partial charge in [0.25, 0.3) is 0 Å². The molecule has 2 atom stereocenters. The van der Waals surface area contributed by atoms with Crippen molar-refractivity contribution in [2.75, 3.05) is 24.7 Å². The Balaban J connectivity index is 2.06. The molecule has 1 spiro atoms. The van der Waals surface area contributed by atoms with Crippen LogP contribution in [0.15, 0.2) is 0 Å². The molecule has 8 heteroatoms. The summed E-state index contributed by atoms with van der Waals surface area (Å²) in [6.45, 7) is 4.07. The maximum atomic E-state index is 12.6. The number of nitrogens with zero attached hydrogens (tertiary/aromatic N) is 1. The van der Waals surface area contributed by atoms with Gasteiger partial charge < -0.3 is 14.7 Å². The van der Waals surface area contributed by atoms with Gasteiger partial charge in [-0.05, 0) is 6.92 Å². The van der Waals surface area contributed by atoms with Gasteiger partial charge in [0.2, 0.25) is 5.91 Å². The molecule has 1 N–H and O–H groups in total. The number of likely N-dealkylation sites (tertiary alicyclic amines) is 1. The topological polar surface area (TPSA) is 83.9 Å². The smallest absolute Gasteiger partial charge is 0.326 e. The van der Waals surface area contributed by atoms with Crippen molar-refractivity contribution in [3.63, 3.8) is 0 Å². The second kappa shape index (κ2) is 7.12. The molecule has 2 fully saturated rings. The van der Waals surface area contributed by atoms with Crippen LogP contribution in [0.2, 0.25) is 0 Å². The van der Waals surface area contributed by atoms with Crippen LogP contribution in [0.4, 0.5) is 0 Å². The fraction of sp³-hybridized carbons (Fsp3) is 0.786. The minimum atomic E-state index is -0.971. The number of esters is 1. The molecule has 2 rings (SSSR count). The Hall–Kier alpha value is -0.890. The van der Waals surface area contributed by atoms with Crippen molar-refractivity contribution in [1.82, 2.24) is 4.90 Å². The van der Waals surface area contributed by atoms with Crippen LogP contribution in [0.1, 0.15) is 26.7 Å². The van der Waals surface area contributed by atoms with Gasteiger partial charge in [-0.3, -0.25) is 9.59 Å². The molecule has 2 saturated heterocycles. The lowest BCUT2D eigenvalue weighted by atomic mass is 10.1. The monoisotopic (exact) mass is 347 g/mol. The zero-order valence-corrected chi connectivity index (χ0v) is 14.4. The van der Waals surface area contributed by atoms with Gasteiger partial charge in [0.1, 0.15) is 6.04 Å². The van der Waals surface area contributed by atoms with E-state index in [0.29, 0.717) is 13.0 Å². The highest BCUT2D eigenvalue weighted by Crippen LogP contribution is 2.52. The second-order valence-corrected chi connectivity index (χ2v) is 8.76. The molecule has 0 aromatic carbocycles. The van der Waals surface area contributed by atoms with Crippen LogP contribution in [0.3, 0.4) is 0 Å². The van der Waals surface area contributed by atoms with E-state index in [1.54, 1.807) is 37.4 Å². The fourth-order valence-electron chi connectivity index (χ4n) is 2.84. The summed E-state index contributed by atoms with van der Waals surface area (Å²) < 4.78 is 4.67. The molecule has 2 aliphatic rings. The van der Waals surface area contributed by atoms with Gasteiger partial charge >= 0.3 is 11.9 Å². The predicted octanol–water partition coefficient (Wildman–Crippen LogP) is 1.44. The third-order valence-corrected chi connectivity index (χ3v) is 7.30. The first-order chi connectivity index (χ1) is 10.4. The predicted molar refractivity (Wildman–Crippen MR) is 85.8 cm³/mol. The summed E-state index contributed by atoms with van der Waals surface area (Å²) in [7, 11) is 0. The summed E-state index contributed by atoms with van der Waals surface area (Å²) in [5.41, 5.74) is 0. The van der Waals surface area contributed by atoms with Crippen LogP contribution >= 0.6 is 23.5 Å². The van der Waals surface area contributed by atoms with E-state index in [4.69, 9.17) is 4.74 Å². The average molecular weight is 347 g/mol. The van der Waals surface area contributed by atoms with Crippen LogP contribution < -0.4 is 0 Å². The molecular weight excluding hydrogens is 326 g/mol. The van der Waals surface area contributed by atoms with Crippen molar-refractivity contribution in [3.8, 4) is 0 Å². The van der Waals surface area contributed by atoms with Crippen LogP contribution in [0.5, 0.6) is 0 Å². The first-order valence-electron chi connectivity index (χ1n) is 7.35. The van der Waals surface area contributed by atoms with E-state index in [1.165, 1.54) is 4.90 Å².